The summed E-state index contributed by atoms with van der Waals surface area (Å²) >= 11 is 0. The van der Waals surface area contributed by atoms with Crippen molar-refractivity contribution in [3.8, 4) is 0 Å². The lowest BCUT2D eigenvalue weighted by molar-refractivity contribution is -0.274. The van der Waals surface area contributed by atoms with Crippen LogP contribution in [0.2, 0.25) is 0 Å². The largest absolute Gasteiger partial charge is 0.462 e. The lowest BCUT2D eigenvalue weighted by atomic mass is 9.43. The van der Waals surface area contributed by atoms with Gasteiger partial charge in [0.05, 0.1) is 12.7 Å². The molecule has 0 N–H and O–H groups in total. The normalized spacial score (nSPS) is 56.4. The Kier molecular flexibility index (Phi) is 5.37. The summed E-state index contributed by atoms with van der Waals surface area (Å²) in [6, 6.07) is 0. The summed E-state index contributed by atoms with van der Waals surface area (Å²) in [4.78, 5) is 24.7. The van der Waals surface area contributed by atoms with Crippen molar-refractivity contribution in [3.63, 3.8) is 0 Å². The summed E-state index contributed by atoms with van der Waals surface area (Å²) in [5.74, 6) is 3.23. The number of ether oxygens (including phenoxy) is 3. The fourth-order valence-electron chi connectivity index (χ4n) is 10.4. The fraction of sp³-hybridized carbons (Fsp3) is 0.931. The van der Waals surface area contributed by atoms with Crippen molar-refractivity contribution >= 4 is 11.8 Å². The lowest BCUT2D eigenvalue weighted by Crippen LogP contribution is -2.60. The van der Waals surface area contributed by atoms with Gasteiger partial charge in [0.2, 0.25) is 0 Å². The molecular formula is C29H44O5. The predicted octanol–water partition coefficient (Wildman–Crippen LogP) is 5.54. The topological polar surface area (TPSA) is 61.8 Å². The Bertz CT molecular complexity index is 861. The number of hydrogen-bond acceptors (Lipinski definition) is 5. The first kappa shape index (κ1) is 23.5. The van der Waals surface area contributed by atoms with Crippen molar-refractivity contribution in [1.29, 1.82) is 0 Å². The first-order chi connectivity index (χ1) is 16.1. The first-order valence-electron chi connectivity index (χ1n) is 14.1. The number of carbonyl (C=O) groups excluding carboxylic acids is 2. The van der Waals surface area contributed by atoms with E-state index in [-0.39, 0.29) is 29.0 Å². The summed E-state index contributed by atoms with van der Waals surface area (Å²) in [5, 5.41) is 0. The quantitative estimate of drug-likeness (QED) is 0.469. The third-order valence-electron chi connectivity index (χ3n) is 12.1. The standard InChI is InChI=1S/C29H44O5/c1-16-8-11-29(32-15-16)17(2)26-24(34-29)13-23-21-7-6-19-12-20(31)9-10-27(19,4)22(21)14-25(28(23,26)5)33-18(3)30/h16-17,19,21-26H,6-15H2,1-5H3/t16?,17-,19-,21?,22?,23?,24?,25?,26?,27-,28+,29?/m0/s1. The molecule has 4 aliphatic carbocycles. The van der Waals surface area contributed by atoms with E-state index < -0.39 is 5.79 Å². The molecule has 6 aliphatic rings. The highest BCUT2D eigenvalue weighted by Gasteiger charge is 2.72. The van der Waals surface area contributed by atoms with Crippen molar-refractivity contribution in [3.05, 3.63) is 0 Å². The average molecular weight is 473 g/mol. The summed E-state index contributed by atoms with van der Waals surface area (Å²) in [6.45, 7) is 11.8. The Labute approximate surface area is 205 Å². The molecule has 6 fully saturated rings. The molecule has 2 heterocycles. The van der Waals surface area contributed by atoms with E-state index in [2.05, 4.69) is 27.7 Å². The van der Waals surface area contributed by atoms with Gasteiger partial charge >= 0.3 is 5.97 Å². The number of fused-ring (bicyclic) bond motifs is 7. The molecule has 5 nitrogen and oxygen atoms in total. The molecule has 0 aromatic carbocycles. The third kappa shape index (κ3) is 3.11. The highest BCUT2D eigenvalue weighted by Crippen LogP contribution is 2.71. The number of esters is 1. The van der Waals surface area contributed by atoms with Crippen LogP contribution < -0.4 is 0 Å². The van der Waals surface area contributed by atoms with Crippen molar-refractivity contribution < 1.29 is 23.8 Å². The number of rotatable bonds is 1. The molecule has 0 aromatic rings. The number of Topliss-reactive ketones (excluding diaryl/α,β-unsaturated/α-hetero) is 1. The van der Waals surface area contributed by atoms with Crippen LogP contribution in [0.15, 0.2) is 0 Å². The maximum absolute atomic E-state index is 12.4. The minimum Gasteiger partial charge on any atom is -0.462 e. The molecule has 0 bridgehead atoms. The molecule has 190 valence electrons. The minimum absolute atomic E-state index is 0.0804. The number of ketones is 1. The van der Waals surface area contributed by atoms with Gasteiger partial charge in [-0.05, 0) is 73.5 Å². The average Bonchev–Trinajstić information content (AvgIpc) is 3.23. The molecule has 0 aromatic heterocycles. The van der Waals surface area contributed by atoms with E-state index in [1.807, 2.05) is 0 Å². The first-order valence-corrected chi connectivity index (χ1v) is 14.1. The van der Waals surface area contributed by atoms with Gasteiger partial charge < -0.3 is 14.2 Å². The van der Waals surface area contributed by atoms with Gasteiger partial charge in [-0.15, -0.1) is 0 Å². The molecule has 5 heteroatoms. The van der Waals surface area contributed by atoms with Crippen LogP contribution in [0.5, 0.6) is 0 Å². The van der Waals surface area contributed by atoms with Gasteiger partial charge in [-0.2, -0.15) is 0 Å². The van der Waals surface area contributed by atoms with Crippen molar-refractivity contribution in [2.75, 3.05) is 6.61 Å². The molecule has 1 spiro atoms. The second-order valence-electron chi connectivity index (χ2n) is 13.6. The molecule has 0 amide bonds. The van der Waals surface area contributed by atoms with E-state index in [9.17, 15) is 9.59 Å². The zero-order valence-corrected chi connectivity index (χ0v) is 21.8. The molecule has 12 atom stereocenters. The highest BCUT2D eigenvalue weighted by molar-refractivity contribution is 5.79. The third-order valence-corrected chi connectivity index (χ3v) is 12.1. The number of hydrogen-bond donors (Lipinski definition) is 0. The molecule has 2 saturated heterocycles. The molecular weight excluding hydrogens is 428 g/mol. The van der Waals surface area contributed by atoms with Crippen LogP contribution in [0.1, 0.15) is 92.4 Å². The van der Waals surface area contributed by atoms with Crippen molar-refractivity contribution in [2.45, 2.75) is 110 Å². The Morgan fingerprint density at radius 1 is 1.06 bits per heavy atom. The Balaban J connectivity index is 1.35. The Morgan fingerprint density at radius 3 is 2.56 bits per heavy atom. The van der Waals surface area contributed by atoms with Crippen LogP contribution in [0.4, 0.5) is 0 Å². The Hall–Kier alpha value is -0.940. The second kappa shape index (κ2) is 7.78. The van der Waals surface area contributed by atoms with Crippen LogP contribution in [0.3, 0.4) is 0 Å². The van der Waals surface area contributed by atoms with Crippen LogP contribution >= 0.6 is 0 Å². The van der Waals surface area contributed by atoms with E-state index in [0.29, 0.717) is 47.2 Å². The van der Waals surface area contributed by atoms with E-state index in [0.717, 1.165) is 51.6 Å². The Morgan fingerprint density at radius 2 is 1.85 bits per heavy atom. The van der Waals surface area contributed by atoms with Gasteiger partial charge in [-0.25, -0.2) is 0 Å². The molecule has 0 radical (unpaired) electrons. The summed E-state index contributed by atoms with van der Waals surface area (Å²) in [5.41, 5.74) is 0.102. The molecule has 8 unspecified atom stereocenters. The van der Waals surface area contributed by atoms with Crippen LogP contribution in [0.25, 0.3) is 0 Å². The minimum atomic E-state index is -0.458. The maximum atomic E-state index is 12.4. The lowest BCUT2D eigenvalue weighted by Gasteiger charge is -2.62. The summed E-state index contributed by atoms with van der Waals surface area (Å²) in [7, 11) is 0. The van der Waals surface area contributed by atoms with Gasteiger partial charge in [0.25, 0.3) is 0 Å². The van der Waals surface area contributed by atoms with Gasteiger partial charge in [0.1, 0.15) is 11.9 Å². The van der Waals surface area contributed by atoms with E-state index >= 15 is 0 Å². The van der Waals surface area contributed by atoms with Gasteiger partial charge in [-0.3, -0.25) is 9.59 Å². The van der Waals surface area contributed by atoms with E-state index in [1.165, 1.54) is 12.8 Å². The smallest absolute Gasteiger partial charge is 0.302 e. The molecule has 2 aliphatic heterocycles. The fourth-order valence-corrected chi connectivity index (χ4v) is 10.4. The monoisotopic (exact) mass is 472 g/mol. The van der Waals surface area contributed by atoms with Gasteiger partial charge in [0, 0.05) is 43.4 Å². The van der Waals surface area contributed by atoms with E-state index in [1.54, 1.807) is 6.92 Å². The second-order valence-corrected chi connectivity index (χ2v) is 13.6. The van der Waals surface area contributed by atoms with Crippen molar-refractivity contribution in [2.24, 2.45) is 52.3 Å². The zero-order valence-electron chi connectivity index (χ0n) is 21.8. The predicted molar refractivity (Wildman–Crippen MR) is 128 cm³/mol. The van der Waals surface area contributed by atoms with Gasteiger partial charge in [-0.1, -0.05) is 27.7 Å². The van der Waals surface area contributed by atoms with Gasteiger partial charge in [0.15, 0.2) is 5.79 Å². The van der Waals surface area contributed by atoms with Crippen molar-refractivity contribution in [1.82, 2.24) is 0 Å². The maximum Gasteiger partial charge on any atom is 0.302 e. The highest BCUT2D eigenvalue weighted by atomic mass is 16.7. The summed E-state index contributed by atoms with van der Waals surface area (Å²) in [6.07, 6.45) is 9.10. The van der Waals surface area contributed by atoms with Crippen LogP contribution in [-0.4, -0.2) is 36.4 Å². The van der Waals surface area contributed by atoms with E-state index in [4.69, 9.17) is 14.2 Å². The summed E-state index contributed by atoms with van der Waals surface area (Å²) < 4.78 is 19.6. The molecule has 34 heavy (non-hydrogen) atoms. The molecule has 4 saturated carbocycles. The zero-order chi connectivity index (χ0) is 24.0. The SMILES string of the molecule is CC(=O)OC1CC2C(CC[C@H]3CC(=O)CC[C@]23C)C2CC3OC4(CCC(C)CO4)[C@@H](C)C3[C@@]12C. The van der Waals surface area contributed by atoms with Crippen LogP contribution in [0, 0.1) is 52.3 Å². The molecule has 6 rings (SSSR count). The van der Waals surface area contributed by atoms with Crippen LogP contribution in [-0.2, 0) is 23.8 Å². The number of carbonyl (C=O) groups is 2.